The fraction of sp³-hybridized carbons (Fsp3) is 0.235. The first kappa shape index (κ1) is 17.3. The van der Waals surface area contributed by atoms with Crippen molar-refractivity contribution in [3.63, 3.8) is 0 Å². The zero-order chi connectivity index (χ0) is 17.1. The van der Waals surface area contributed by atoms with E-state index in [1.807, 2.05) is 30.3 Å². The average Bonchev–Trinajstić information content (AvgIpc) is 3.05. The van der Waals surface area contributed by atoms with Crippen LogP contribution in [0.25, 0.3) is 0 Å². The summed E-state index contributed by atoms with van der Waals surface area (Å²) in [4.78, 5) is 14.5. The second-order valence-electron chi connectivity index (χ2n) is 5.21. The maximum atomic E-state index is 12.7. The monoisotopic (exact) mass is 382 g/mol. The summed E-state index contributed by atoms with van der Waals surface area (Å²) in [7, 11) is 1.58. The Morgan fingerprint density at radius 2 is 2.08 bits per heavy atom. The van der Waals surface area contributed by atoms with Crippen LogP contribution in [0.4, 0.5) is 10.5 Å². The van der Waals surface area contributed by atoms with E-state index in [0.717, 1.165) is 11.3 Å². The molecule has 0 saturated carbocycles. The first-order chi connectivity index (χ1) is 11.6. The third-order valence-electron chi connectivity index (χ3n) is 3.73. The normalized spacial score (nSPS) is 17.0. The Morgan fingerprint density at radius 3 is 2.83 bits per heavy atom. The Kier molecular flexibility index (Phi) is 5.43. The first-order valence-electron chi connectivity index (χ1n) is 7.37. The smallest absolute Gasteiger partial charge is 0.323 e. The zero-order valence-electron chi connectivity index (χ0n) is 13.0. The standard InChI is InChI=1S/C17H16Cl2N2O2S/c1-23-15-5-3-2-4-14(15)20-17(22)21-8-9-24-16(21)12-7-6-11(18)10-13(12)19/h2-7,10,16H,8-9H2,1H3,(H,20,22)/t16-/m0/s1. The number of nitrogens with one attached hydrogen (secondary N) is 1. The summed E-state index contributed by atoms with van der Waals surface area (Å²) in [6.07, 6.45) is 0. The van der Waals surface area contributed by atoms with Crippen LogP contribution in [-0.2, 0) is 0 Å². The lowest BCUT2D eigenvalue weighted by atomic mass is 10.2. The Balaban J connectivity index is 1.81. The third-order valence-corrected chi connectivity index (χ3v) is 5.53. The van der Waals surface area contributed by atoms with E-state index in [1.54, 1.807) is 35.9 Å². The fourth-order valence-electron chi connectivity index (χ4n) is 2.57. The summed E-state index contributed by atoms with van der Waals surface area (Å²) >= 11 is 14.0. The Labute approximate surface area is 155 Å². The number of ether oxygens (including phenoxy) is 1. The molecule has 1 N–H and O–H groups in total. The molecule has 0 aromatic heterocycles. The van der Waals surface area contributed by atoms with E-state index in [4.69, 9.17) is 27.9 Å². The molecule has 0 spiro atoms. The van der Waals surface area contributed by atoms with Gasteiger partial charge in [0.15, 0.2) is 0 Å². The van der Waals surface area contributed by atoms with Crippen molar-refractivity contribution in [2.75, 3.05) is 24.7 Å². The second kappa shape index (κ2) is 7.55. The number of para-hydroxylation sites is 2. The lowest BCUT2D eigenvalue weighted by molar-refractivity contribution is 0.214. The van der Waals surface area contributed by atoms with Crippen molar-refractivity contribution in [3.05, 3.63) is 58.1 Å². The summed E-state index contributed by atoms with van der Waals surface area (Å²) < 4.78 is 5.28. The molecule has 0 bridgehead atoms. The van der Waals surface area contributed by atoms with Gasteiger partial charge in [0.2, 0.25) is 0 Å². The van der Waals surface area contributed by atoms with E-state index in [9.17, 15) is 4.79 Å². The van der Waals surface area contributed by atoms with Gasteiger partial charge in [-0.2, -0.15) is 0 Å². The van der Waals surface area contributed by atoms with Gasteiger partial charge in [0.1, 0.15) is 11.1 Å². The molecule has 2 aromatic carbocycles. The molecular weight excluding hydrogens is 367 g/mol. The van der Waals surface area contributed by atoms with Crippen LogP contribution < -0.4 is 10.1 Å². The largest absolute Gasteiger partial charge is 0.495 e. The number of hydrogen-bond donors (Lipinski definition) is 1. The van der Waals surface area contributed by atoms with Crippen LogP contribution in [0, 0.1) is 0 Å². The first-order valence-corrected chi connectivity index (χ1v) is 9.18. The average molecular weight is 383 g/mol. The Morgan fingerprint density at radius 1 is 1.29 bits per heavy atom. The van der Waals surface area contributed by atoms with Crippen molar-refractivity contribution in [1.29, 1.82) is 0 Å². The van der Waals surface area contributed by atoms with Crippen molar-refractivity contribution in [2.45, 2.75) is 5.37 Å². The van der Waals surface area contributed by atoms with Gasteiger partial charge >= 0.3 is 6.03 Å². The Hall–Kier alpha value is -1.56. The summed E-state index contributed by atoms with van der Waals surface area (Å²) in [6.45, 7) is 0.648. The van der Waals surface area contributed by atoms with E-state index < -0.39 is 0 Å². The van der Waals surface area contributed by atoms with Crippen molar-refractivity contribution >= 4 is 46.7 Å². The third kappa shape index (κ3) is 3.58. The quantitative estimate of drug-likeness (QED) is 0.784. The molecule has 1 atom stereocenters. The van der Waals surface area contributed by atoms with Gasteiger partial charge < -0.3 is 15.0 Å². The van der Waals surface area contributed by atoms with Gasteiger partial charge in [0.05, 0.1) is 12.8 Å². The maximum absolute atomic E-state index is 12.7. The molecule has 0 radical (unpaired) electrons. The molecular formula is C17H16Cl2N2O2S. The van der Waals surface area contributed by atoms with Gasteiger partial charge in [0, 0.05) is 27.9 Å². The van der Waals surface area contributed by atoms with Gasteiger partial charge in [-0.1, -0.05) is 41.4 Å². The van der Waals surface area contributed by atoms with Crippen LogP contribution in [0.2, 0.25) is 10.0 Å². The highest BCUT2D eigenvalue weighted by Gasteiger charge is 2.32. The summed E-state index contributed by atoms with van der Waals surface area (Å²) in [5.41, 5.74) is 1.53. The zero-order valence-corrected chi connectivity index (χ0v) is 15.3. The fourth-order valence-corrected chi connectivity index (χ4v) is 4.44. The molecule has 4 nitrogen and oxygen atoms in total. The van der Waals surface area contributed by atoms with Crippen molar-refractivity contribution in [3.8, 4) is 5.75 Å². The lowest BCUT2D eigenvalue weighted by Gasteiger charge is -2.25. The van der Waals surface area contributed by atoms with Crippen LogP contribution in [0.15, 0.2) is 42.5 Å². The maximum Gasteiger partial charge on any atom is 0.323 e. The number of amides is 2. The number of carbonyl (C=O) groups is 1. The van der Waals surface area contributed by atoms with E-state index in [2.05, 4.69) is 5.32 Å². The number of thioether (sulfide) groups is 1. The predicted octanol–water partition coefficient (Wildman–Crippen LogP) is 5.28. The second-order valence-corrected chi connectivity index (χ2v) is 7.24. The highest BCUT2D eigenvalue weighted by molar-refractivity contribution is 7.99. The summed E-state index contributed by atoms with van der Waals surface area (Å²) in [6, 6.07) is 12.5. The SMILES string of the molecule is COc1ccccc1NC(=O)N1CCS[C@H]1c1ccc(Cl)cc1Cl. The minimum absolute atomic E-state index is 0.135. The number of rotatable bonds is 3. The van der Waals surface area contributed by atoms with Crippen LogP contribution >= 0.6 is 35.0 Å². The number of hydrogen-bond acceptors (Lipinski definition) is 3. The molecule has 1 saturated heterocycles. The van der Waals surface area contributed by atoms with Crippen LogP contribution in [0.5, 0.6) is 5.75 Å². The Bertz CT molecular complexity index is 757. The van der Waals surface area contributed by atoms with Crippen molar-refractivity contribution in [2.24, 2.45) is 0 Å². The van der Waals surface area contributed by atoms with Gasteiger partial charge in [-0.25, -0.2) is 4.79 Å². The topological polar surface area (TPSA) is 41.6 Å². The molecule has 7 heteroatoms. The minimum atomic E-state index is -0.180. The predicted molar refractivity (Wildman–Crippen MR) is 100 cm³/mol. The molecule has 2 aromatic rings. The summed E-state index contributed by atoms with van der Waals surface area (Å²) in [5, 5.41) is 3.93. The number of nitrogens with zero attached hydrogens (tertiary/aromatic N) is 1. The molecule has 126 valence electrons. The number of benzene rings is 2. The number of carbonyl (C=O) groups excluding carboxylic acids is 1. The molecule has 0 aliphatic carbocycles. The molecule has 1 aliphatic heterocycles. The molecule has 3 rings (SSSR count). The van der Waals surface area contributed by atoms with E-state index >= 15 is 0 Å². The molecule has 2 amide bonds. The molecule has 1 aliphatic rings. The van der Waals surface area contributed by atoms with Gasteiger partial charge in [-0.3, -0.25) is 0 Å². The van der Waals surface area contributed by atoms with E-state index in [1.165, 1.54) is 0 Å². The highest BCUT2D eigenvalue weighted by atomic mass is 35.5. The number of halogens is 2. The minimum Gasteiger partial charge on any atom is -0.495 e. The van der Waals surface area contributed by atoms with Crippen LogP contribution in [-0.4, -0.2) is 30.3 Å². The van der Waals surface area contributed by atoms with Gasteiger partial charge in [-0.05, 0) is 24.3 Å². The number of anilines is 1. The molecule has 1 fully saturated rings. The van der Waals surface area contributed by atoms with E-state index in [0.29, 0.717) is 28.0 Å². The molecule has 24 heavy (non-hydrogen) atoms. The van der Waals surface area contributed by atoms with Gasteiger partial charge in [0.25, 0.3) is 0 Å². The molecule has 0 unspecified atom stereocenters. The van der Waals surface area contributed by atoms with Crippen molar-refractivity contribution < 1.29 is 9.53 Å². The van der Waals surface area contributed by atoms with E-state index in [-0.39, 0.29) is 11.4 Å². The number of methoxy groups -OCH3 is 1. The number of urea groups is 1. The van der Waals surface area contributed by atoms with Crippen molar-refractivity contribution in [1.82, 2.24) is 4.90 Å². The lowest BCUT2D eigenvalue weighted by Crippen LogP contribution is -2.34. The highest BCUT2D eigenvalue weighted by Crippen LogP contribution is 2.42. The van der Waals surface area contributed by atoms with Gasteiger partial charge in [-0.15, -0.1) is 11.8 Å². The van der Waals surface area contributed by atoms with Crippen LogP contribution in [0.1, 0.15) is 10.9 Å². The van der Waals surface area contributed by atoms with Crippen LogP contribution in [0.3, 0.4) is 0 Å². The molecule has 1 heterocycles. The summed E-state index contributed by atoms with van der Waals surface area (Å²) in [5.74, 6) is 1.47.